The molecule has 0 aromatic rings. The zero-order chi connectivity index (χ0) is 13.7. The van der Waals surface area contributed by atoms with Crippen LogP contribution in [0.5, 0.6) is 0 Å². The van der Waals surface area contributed by atoms with E-state index in [-0.39, 0.29) is 30.0 Å². The third kappa shape index (κ3) is 4.18. The Morgan fingerprint density at radius 2 is 2.21 bits per heavy atom. The van der Waals surface area contributed by atoms with Gasteiger partial charge in [-0.05, 0) is 32.1 Å². The molecule has 1 amide bonds. The third-order valence-corrected chi connectivity index (χ3v) is 4.51. The van der Waals surface area contributed by atoms with Gasteiger partial charge in [-0.25, -0.2) is 0 Å². The summed E-state index contributed by atoms with van der Waals surface area (Å²) in [6.45, 7) is 3.49. The predicted molar refractivity (Wildman–Crippen MR) is 73.7 cm³/mol. The van der Waals surface area contributed by atoms with Crippen LogP contribution in [0, 0.1) is 11.8 Å². The second kappa shape index (κ2) is 7.25. The van der Waals surface area contributed by atoms with E-state index >= 15 is 0 Å². The molecule has 1 saturated heterocycles. The first kappa shape index (κ1) is 14.8. The van der Waals surface area contributed by atoms with Gasteiger partial charge in [0.05, 0.1) is 12.2 Å². The number of aliphatic hydroxyl groups excluding tert-OH is 1. The number of aliphatic hydroxyl groups is 1. The summed E-state index contributed by atoms with van der Waals surface area (Å²) in [5.41, 5.74) is 0. The molecule has 0 bridgehead atoms. The molecule has 0 spiro atoms. The summed E-state index contributed by atoms with van der Waals surface area (Å²) in [6, 6.07) is 0. The molecule has 1 heterocycles. The Kier molecular flexibility index (Phi) is 5.64. The van der Waals surface area contributed by atoms with Crippen LogP contribution in [0.15, 0.2) is 0 Å². The van der Waals surface area contributed by atoms with Crippen molar-refractivity contribution in [3.8, 4) is 0 Å². The molecule has 4 unspecified atom stereocenters. The van der Waals surface area contributed by atoms with Crippen molar-refractivity contribution >= 4 is 5.91 Å². The summed E-state index contributed by atoms with van der Waals surface area (Å²) in [7, 11) is 0. The average molecular weight is 269 g/mol. The quantitative estimate of drug-likeness (QED) is 0.801. The van der Waals surface area contributed by atoms with Crippen LogP contribution >= 0.6 is 0 Å². The van der Waals surface area contributed by atoms with Gasteiger partial charge < -0.3 is 15.2 Å². The molecular formula is C15H27NO3. The highest BCUT2D eigenvalue weighted by molar-refractivity contribution is 5.78. The number of hydrogen-bond donors (Lipinski definition) is 2. The number of carbonyl (C=O) groups is 1. The summed E-state index contributed by atoms with van der Waals surface area (Å²) in [5, 5.41) is 12.8. The van der Waals surface area contributed by atoms with Gasteiger partial charge in [-0.1, -0.05) is 19.8 Å². The van der Waals surface area contributed by atoms with Gasteiger partial charge in [-0.15, -0.1) is 0 Å². The van der Waals surface area contributed by atoms with Crippen molar-refractivity contribution < 1.29 is 14.6 Å². The Labute approximate surface area is 115 Å². The van der Waals surface area contributed by atoms with Crippen LogP contribution < -0.4 is 5.32 Å². The molecule has 1 aliphatic carbocycles. The lowest BCUT2D eigenvalue weighted by molar-refractivity contribution is -0.130. The first-order valence-electron chi connectivity index (χ1n) is 7.78. The molecule has 110 valence electrons. The summed E-state index contributed by atoms with van der Waals surface area (Å²) in [6.07, 6.45) is 6.88. The lowest BCUT2D eigenvalue weighted by Gasteiger charge is -2.29. The monoisotopic (exact) mass is 269 g/mol. The maximum atomic E-state index is 12.2. The molecule has 4 atom stereocenters. The van der Waals surface area contributed by atoms with E-state index in [2.05, 4.69) is 12.2 Å². The van der Waals surface area contributed by atoms with Crippen molar-refractivity contribution in [2.24, 2.45) is 11.8 Å². The van der Waals surface area contributed by atoms with Gasteiger partial charge in [-0.3, -0.25) is 4.79 Å². The number of rotatable bonds is 5. The molecule has 2 rings (SSSR count). The van der Waals surface area contributed by atoms with Crippen LogP contribution in [-0.2, 0) is 9.53 Å². The Hall–Kier alpha value is -0.610. The minimum Gasteiger partial charge on any atom is -0.393 e. The molecule has 0 aromatic heterocycles. The van der Waals surface area contributed by atoms with Crippen LogP contribution in [-0.4, -0.2) is 36.4 Å². The summed E-state index contributed by atoms with van der Waals surface area (Å²) < 4.78 is 5.67. The van der Waals surface area contributed by atoms with Gasteiger partial charge in [0.1, 0.15) is 0 Å². The second-order valence-corrected chi connectivity index (χ2v) is 6.01. The first-order valence-corrected chi connectivity index (χ1v) is 7.78. The molecule has 0 aromatic carbocycles. The van der Waals surface area contributed by atoms with Crippen LogP contribution in [0.25, 0.3) is 0 Å². The van der Waals surface area contributed by atoms with Gasteiger partial charge in [0.15, 0.2) is 0 Å². The lowest BCUT2D eigenvalue weighted by atomic mass is 9.92. The first-order chi connectivity index (χ1) is 9.20. The Morgan fingerprint density at radius 3 is 2.89 bits per heavy atom. The molecule has 2 N–H and O–H groups in total. The van der Waals surface area contributed by atoms with Gasteiger partial charge in [0.2, 0.25) is 5.91 Å². The average Bonchev–Trinajstić information content (AvgIpc) is 2.82. The van der Waals surface area contributed by atoms with E-state index in [0.29, 0.717) is 13.2 Å². The van der Waals surface area contributed by atoms with Crippen LogP contribution in [0.3, 0.4) is 0 Å². The van der Waals surface area contributed by atoms with Gasteiger partial charge in [-0.2, -0.15) is 0 Å². The second-order valence-electron chi connectivity index (χ2n) is 6.01. The van der Waals surface area contributed by atoms with Crippen molar-refractivity contribution in [3.63, 3.8) is 0 Å². The number of amides is 1. The number of hydrogen-bond acceptors (Lipinski definition) is 3. The smallest absolute Gasteiger partial charge is 0.223 e. The van der Waals surface area contributed by atoms with Crippen molar-refractivity contribution in [1.82, 2.24) is 5.32 Å². The highest BCUT2D eigenvalue weighted by Gasteiger charge is 2.29. The summed E-state index contributed by atoms with van der Waals surface area (Å²) in [4.78, 5) is 12.2. The van der Waals surface area contributed by atoms with Crippen molar-refractivity contribution in [2.75, 3.05) is 13.2 Å². The fourth-order valence-corrected chi connectivity index (χ4v) is 3.27. The van der Waals surface area contributed by atoms with Crippen LogP contribution in [0.2, 0.25) is 0 Å². The number of carbonyl (C=O) groups excluding carboxylic acids is 1. The molecule has 0 radical (unpaired) electrons. The molecule has 1 saturated carbocycles. The lowest BCUT2D eigenvalue weighted by Crippen LogP contribution is -2.40. The van der Waals surface area contributed by atoms with Crippen LogP contribution in [0.1, 0.15) is 51.9 Å². The van der Waals surface area contributed by atoms with E-state index < -0.39 is 0 Å². The molecule has 2 aliphatic rings. The Balaban J connectivity index is 1.73. The standard InChI is InChI=1S/C15H27NO3/c1-2-4-13-9-11(7-8-19-13)15(18)16-10-12-5-3-6-14(12)17/h11-14,17H,2-10H2,1H3,(H,16,18). The van der Waals surface area contributed by atoms with Gasteiger partial charge >= 0.3 is 0 Å². The predicted octanol–water partition coefficient (Wildman–Crippen LogP) is 1.86. The SMILES string of the molecule is CCCC1CC(C(=O)NCC2CCCC2O)CCO1. The van der Waals surface area contributed by atoms with E-state index in [4.69, 9.17) is 4.74 Å². The van der Waals surface area contributed by atoms with Crippen LogP contribution in [0.4, 0.5) is 0 Å². The topological polar surface area (TPSA) is 58.6 Å². The largest absolute Gasteiger partial charge is 0.393 e. The zero-order valence-corrected chi connectivity index (χ0v) is 11.9. The minimum atomic E-state index is -0.220. The molecule has 4 nitrogen and oxygen atoms in total. The van der Waals surface area contributed by atoms with Crippen molar-refractivity contribution in [2.45, 2.75) is 64.1 Å². The van der Waals surface area contributed by atoms with E-state index in [1.807, 2.05) is 0 Å². The van der Waals surface area contributed by atoms with E-state index in [1.54, 1.807) is 0 Å². The third-order valence-electron chi connectivity index (χ3n) is 4.51. The normalized spacial score (nSPS) is 35.3. The number of ether oxygens (including phenoxy) is 1. The molecule has 19 heavy (non-hydrogen) atoms. The Morgan fingerprint density at radius 1 is 1.37 bits per heavy atom. The maximum Gasteiger partial charge on any atom is 0.223 e. The fourth-order valence-electron chi connectivity index (χ4n) is 3.27. The minimum absolute atomic E-state index is 0.101. The molecule has 1 aliphatic heterocycles. The van der Waals surface area contributed by atoms with E-state index in [0.717, 1.165) is 44.9 Å². The fraction of sp³-hybridized carbons (Fsp3) is 0.933. The van der Waals surface area contributed by atoms with E-state index in [9.17, 15) is 9.90 Å². The summed E-state index contributed by atoms with van der Waals surface area (Å²) >= 11 is 0. The highest BCUT2D eigenvalue weighted by atomic mass is 16.5. The highest BCUT2D eigenvalue weighted by Crippen LogP contribution is 2.26. The zero-order valence-electron chi connectivity index (χ0n) is 11.9. The molecule has 4 heteroatoms. The number of nitrogens with one attached hydrogen (secondary N) is 1. The maximum absolute atomic E-state index is 12.2. The summed E-state index contributed by atoms with van der Waals surface area (Å²) in [5.74, 6) is 0.516. The molecular weight excluding hydrogens is 242 g/mol. The Bertz CT molecular complexity index is 293. The van der Waals surface area contributed by atoms with Crippen molar-refractivity contribution in [1.29, 1.82) is 0 Å². The van der Waals surface area contributed by atoms with Gasteiger partial charge in [0, 0.05) is 25.0 Å². The van der Waals surface area contributed by atoms with E-state index in [1.165, 1.54) is 0 Å². The van der Waals surface area contributed by atoms with Crippen molar-refractivity contribution in [3.05, 3.63) is 0 Å². The molecule has 2 fully saturated rings. The van der Waals surface area contributed by atoms with Gasteiger partial charge in [0.25, 0.3) is 0 Å².